The van der Waals surface area contributed by atoms with E-state index in [4.69, 9.17) is 18.3 Å². The molecular weight excluding hydrogens is 539 g/mol. The number of nitro groups is 1. The van der Waals surface area contributed by atoms with Crippen LogP contribution in [-0.2, 0) is 25.2 Å². The summed E-state index contributed by atoms with van der Waals surface area (Å²) in [5, 5.41) is 23.9. The zero-order valence-corrected chi connectivity index (χ0v) is 22.7. The summed E-state index contributed by atoms with van der Waals surface area (Å²) < 4.78 is 36.8. The second-order valence-corrected chi connectivity index (χ2v) is 10.7. The number of nitrogens with zero attached hydrogens (tertiary/aromatic N) is 1. The van der Waals surface area contributed by atoms with E-state index in [0.29, 0.717) is 5.56 Å². The SMILES string of the molecule is C[C@@H](O)C[C@@H]1NC(C(=O)OCc2ccc([N+](=O)[O-])cc2)=C(OP(=O)(Oc2ccccc2)Oc2ccccc2)[C@@H]1C. The van der Waals surface area contributed by atoms with Crippen LogP contribution in [-0.4, -0.2) is 28.1 Å². The summed E-state index contributed by atoms with van der Waals surface area (Å²) in [5.74, 6) is -0.884. The van der Waals surface area contributed by atoms with E-state index in [1.54, 1.807) is 74.5 Å². The molecule has 1 aliphatic rings. The molecule has 0 bridgehead atoms. The minimum absolute atomic E-state index is 0.00505. The minimum atomic E-state index is -4.41. The number of aliphatic hydroxyl groups is 1. The molecule has 12 heteroatoms. The van der Waals surface area contributed by atoms with Crippen LogP contribution >= 0.6 is 7.82 Å². The van der Waals surface area contributed by atoms with Crippen LogP contribution in [0, 0.1) is 16.0 Å². The fourth-order valence-electron chi connectivity index (χ4n) is 4.04. The van der Waals surface area contributed by atoms with Crippen molar-refractivity contribution in [2.24, 2.45) is 5.92 Å². The maximum Gasteiger partial charge on any atom is 0.646 e. The van der Waals surface area contributed by atoms with Crippen molar-refractivity contribution in [1.82, 2.24) is 5.32 Å². The highest BCUT2D eigenvalue weighted by Crippen LogP contribution is 2.53. The molecule has 0 aliphatic carbocycles. The number of benzene rings is 3. The van der Waals surface area contributed by atoms with E-state index in [9.17, 15) is 24.6 Å². The number of nitro benzene ring substituents is 1. The van der Waals surface area contributed by atoms with Gasteiger partial charge in [-0.15, -0.1) is 0 Å². The number of rotatable bonds is 12. The Kier molecular flexibility index (Phi) is 9.08. The lowest BCUT2D eigenvalue weighted by molar-refractivity contribution is -0.384. The summed E-state index contributed by atoms with van der Waals surface area (Å²) in [5.41, 5.74) is 0.348. The Morgan fingerprint density at radius 3 is 2.02 bits per heavy atom. The number of carbonyl (C=O) groups excluding carboxylic acids is 1. The number of nitrogens with one attached hydrogen (secondary N) is 1. The molecule has 4 rings (SSSR count). The number of carbonyl (C=O) groups is 1. The van der Waals surface area contributed by atoms with E-state index in [1.165, 1.54) is 24.3 Å². The fraction of sp³-hybridized carbons (Fsp3) is 0.250. The third kappa shape index (κ3) is 7.40. The maximum atomic E-state index is 14.0. The summed E-state index contributed by atoms with van der Waals surface area (Å²) in [7, 11) is -4.41. The molecule has 0 fully saturated rings. The van der Waals surface area contributed by atoms with Gasteiger partial charge < -0.3 is 28.7 Å². The highest BCUT2D eigenvalue weighted by atomic mass is 31.2. The molecule has 0 spiro atoms. The van der Waals surface area contributed by atoms with Gasteiger partial charge in [0.1, 0.15) is 23.9 Å². The van der Waals surface area contributed by atoms with E-state index in [1.807, 2.05) is 0 Å². The van der Waals surface area contributed by atoms with Gasteiger partial charge in [-0.1, -0.05) is 43.3 Å². The third-order valence-electron chi connectivity index (χ3n) is 6.04. The van der Waals surface area contributed by atoms with Gasteiger partial charge in [-0.2, -0.15) is 4.57 Å². The molecule has 11 nitrogen and oxygen atoms in total. The Labute approximate surface area is 231 Å². The summed E-state index contributed by atoms with van der Waals surface area (Å²) in [6, 6.07) is 21.8. The van der Waals surface area contributed by atoms with Crippen LogP contribution in [0.3, 0.4) is 0 Å². The lowest BCUT2D eigenvalue weighted by Gasteiger charge is -2.23. The standard InChI is InChI=1S/C28H29N2O9P/c1-19(31)17-25-20(2)27(26(29-25)28(32)36-18-21-13-15-22(16-14-21)30(33)34)39-40(35,37-23-9-5-3-6-10-23)38-24-11-7-4-8-12-24/h3-16,19-20,25,29,31H,17-18H2,1-2H3/t19-,20-,25+/m1/s1. The Hall–Kier alpha value is -4.34. The topological polar surface area (TPSA) is 146 Å². The van der Waals surface area contributed by atoms with Crippen molar-refractivity contribution < 1.29 is 37.7 Å². The van der Waals surface area contributed by atoms with Crippen molar-refractivity contribution in [3.05, 3.63) is 112 Å². The average Bonchev–Trinajstić information content (AvgIpc) is 3.22. The highest BCUT2D eigenvalue weighted by Gasteiger charge is 2.44. The summed E-state index contributed by atoms with van der Waals surface area (Å²) in [4.78, 5) is 23.6. The number of esters is 1. The zero-order valence-electron chi connectivity index (χ0n) is 21.8. The monoisotopic (exact) mass is 568 g/mol. The molecule has 0 saturated heterocycles. The Balaban J connectivity index is 1.62. The molecule has 3 aromatic carbocycles. The number of phosphoric ester groups is 1. The Bertz CT molecular complexity index is 1350. The lowest BCUT2D eigenvalue weighted by Crippen LogP contribution is -2.33. The van der Waals surface area contributed by atoms with E-state index >= 15 is 0 Å². The van der Waals surface area contributed by atoms with Crippen LogP contribution in [0.1, 0.15) is 25.8 Å². The van der Waals surface area contributed by atoms with Gasteiger partial charge in [-0.25, -0.2) is 4.79 Å². The van der Waals surface area contributed by atoms with Crippen molar-refractivity contribution in [2.75, 3.05) is 0 Å². The van der Waals surface area contributed by atoms with Crippen molar-refractivity contribution in [2.45, 2.75) is 39.0 Å². The quantitative estimate of drug-likeness (QED) is 0.124. The molecule has 3 aromatic rings. The maximum absolute atomic E-state index is 14.0. The van der Waals surface area contributed by atoms with Gasteiger partial charge in [0.25, 0.3) is 5.69 Å². The fourth-order valence-corrected chi connectivity index (χ4v) is 5.41. The van der Waals surface area contributed by atoms with Gasteiger partial charge in [-0.3, -0.25) is 10.1 Å². The minimum Gasteiger partial charge on any atom is -0.456 e. The molecule has 1 heterocycles. The molecule has 3 atom stereocenters. The second-order valence-electron chi connectivity index (χ2n) is 9.21. The molecule has 210 valence electrons. The number of phosphoric acid groups is 1. The number of aliphatic hydroxyl groups excluding tert-OH is 1. The van der Waals surface area contributed by atoms with Crippen molar-refractivity contribution in [3.63, 3.8) is 0 Å². The van der Waals surface area contributed by atoms with Gasteiger partial charge in [0.15, 0.2) is 5.70 Å². The molecule has 40 heavy (non-hydrogen) atoms. The van der Waals surface area contributed by atoms with Crippen LogP contribution < -0.4 is 14.4 Å². The van der Waals surface area contributed by atoms with Crippen LogP contribution in [0.25, 0.3) is 0 Å². The number of hydrogen-bond acceptors (Lipinski definition) is 10. The van der Waals surface area contributed by atoms with Crippen molar-refractivity contribution in [3.8, 4) is 11.5 Å². The van der Waals surface area contributed by atoms with Crippen LogP contribution in [0.15, 0.2) is 96.4 Å². The molecule has 0 amide bonds. The van der Waals surface area contributed by atoms with E-state index in [2.05, 4.69) is 5.32 Å². The van der Waals surface area contributed by atoms with Crippen LogP contribution in [0.4, 0.5) is 5.69 Å². The van der Waals surface area contributed by atoms with Gasteiger partial charge in [0.2, 0.25) is 0 Å². The summed E-state index contributed by atoms with van der Waals surface area (Å²) >= 11 is 0. The van der Waals surface area contributed by atoms with E-state index < -0.39 is 36.8 Å². The van der Waals surface area contributed by atoms with Gasteiger partial charge in [-0.05, 0) is 55.3 Å². The van der Waals surface area contributed by atoms with E-state index in [0.717, 1.165) is 0 Å². The molecule has 1 aliphatic heterocycles. The van der Waals surface area contributed by atoms with Crippen molar-refractivity contribution in [1.29, 1.82) is 0 Å². The summed E-state index contributed by atoms with van der Waals surface area (Å²) in [6.07, 6.45) is -0.444. The molecule has 0 unspecified atom stereocenters. The predicted octanol–water partition coefficient (Wildman–Crippen LogP) is 5.51. The van der Waals surface area contributed by atoms with Crippen LogP contribution in [0.5, 0.6) is 11.5 Å². The first-order valence-corrected chi connectivity index (χ1v) is 14.0. The molecular formula is C28H29N2O9P. The first kappa shape index (κ1) is 28.7. The molecule has 0 radical (unpaired) electrons. The summed E-state index contributed by atoms with van der Waals surface area (Å²) in [6.45, 7) is 3.19. The predicted molar refractivity (Wildman–Crippen MR) is 145 cm³/mol. The number of hydrogen-bond donors (Lipinski definition) is 2. The normalized spacial score (nSPS) is 17.5. The van der Waals surface area contributed by atoms with Crippen LogP contribution in [0.2, 0.25) is 0 Å². The molecule has 0 aromatic heterocycles. The van der Waals surface area contributed by atoms with Gasteiger partial charge in [0.05, 0.1) is 11.0 Å². The third-order valence-corrected chi connectivity index (χ3v) is 7.33. The number of non-ortho nitro benzene ring substituents is 1. The highest BCUT2D eigenvalue weighted by molar-refractivity contribution is 7.49. The smallest absolute Gasteiger partial charge is 0.456 e. The first-order valence-electron chi connectivity index (χ1n) is 12.5. The lowest BCUT2D eigenvalue weighted by atomic mass is 9.98. The first-order chi connectivity index (χ1) is 19.1. The average molecular weight is 569 g/mol. The molecule has 2 N–H and O–H groups in total. The number of para-hydroxylation sites is 2. The van der Waals surface area contributed by atoms with Gasteiger partial charge in [0, 0.05) is 24.1 Å². The molecule has 0 saturated carbocycles. The Morgan fingerprint density at radius 2 is 1.52 bits per heavy atom. The number of ether oxygens (including phenoxy) is 1. The second kappa shape index (κ2) is 12.7. The van der Waals surface area contributed by atoms with E-state index in [-0.39, 0.29) is 41.7 Å². The zero-order chi connectivity index (χ0) is 28.7. The largest absolute Gasteiger partial charge is 0.646 e. The Morgan fingerprint density at radius 1 is 0.975 bits per heavy atom. The van der Waals surface area contributed by atoms with Crippen molar-refractivity contribution >= 4 is 19.5 Å². The van der Waals surface area contributed by atoms with Gasteiger partial charge >= 0.3 is 13.8 Å².